The molecule has 0 saturated carbocycles. The van der Waals surface area contributed by atoms with Gasteiger partial charge in [0, 0.05) is 31.1 Å². The maximum Gasteiger partial charge on any atom is 0.534 e. The van der Waals surface area contributed by atoms with E-state index in [1.54, 1.807) is 14.1 Å². The van der Waals surface area contributed by atoms with Gasteiger partial charge in [-0.25, -0.2) is 4.79 Å². The highest BCUT2D eigenvalue weighted by Gasteiger charge is 2.49. The molecular formula is C23H28ClF3N2O5S. The van der Waals surface area contributed by atoms with Gasteiger partial charge in [-0.3, -0.25) is 0 Å². The number of hydrogen-bond donors (Lipinski definition) is 0. The Labute approximate surface area is 208 Å². The second kappa shape index (κ2) is 10.6. The minimum Gasteiger partial charge on any atom is -0.465 e. The van der Waals surface area contributed by atoms with Crippen LogP contribution in [0.1, 0.15) is 35.5 Å². The van der Waals surface area contributed by atoms with Crippen LogP contribution in [0, 0.1) is 5.41 Å². The van der Waals surface area contributed by atoms with Crippen LogP contribution in [0.5, 0.6) is 5.75 Å². The lowest BCUT2D eigenvalue weighted by Crippen LogP contribution is -2.28. The number of likely N-dealkylation sites (N-methyl/N-ethyl adjacent to an activating group) is 1. The SMILES string of the molecule is COC(=O)c1c(OS(=O)(=O)C(F)(F)F)cn(C)c1/C(CN(C)C)=C(/c1ccccc1)C(C)(C)CCl. The first-order valence-electron chi connectivity index (χ1n) is 10.4. The zero-order valence-corrected chi connectivity index (χ0v) is 21.8. The average Bonchev–Trinajstić information content (AvgIpc) is 3.06. The summed E-state index contributed by atoms with van der Waals surface area (Å²) >= 11 is 6.34. The number of aromatic nitrogens is 1. The van der Waals surface area contributed by atoms with Gasteiger partial charge >= 0.3 is 21.6 Å². The van der Waals surface area contributed by atoms with E-state index in [1.165, 1.54) is 11.6 Å². The van der Waals surface area contributed by atoms with E-state index in [9.17, 15) is 26.4 Å². The molecule has 1 aromatic heterocycles. The van der Waals surface area contributed by atoms with Gasteiger partial charge < -0.3 is 18.4 Å². The summed E-state index contributed by atoms with van der Waals surface area (Å²) in [5.74, 6) is -1.67. The number of esters is 1. The predicted octanol–water partition coefficient (Wildman–Crippen LogP) is 4.78. The van der Waals surface area contributed by atoms with Gasteiger partial charge in [0.05, 0.1) is 12.8 Å². The molecule has 7 nitrogen and oxygen atoms in total. The lowest BCUT2D eigenvalue weighted by Gasteiger charge is -2.31. The summed E-state index contributed by atoms with van der Waals surface area (Å²) in [6.07, 6.45) is 1.01. The molecule has 2 rings (SSSR count). The number of alkyl halides is 4. The van der Waals surface area contributed by atoms with E-state index < -0.39 is 38.3 Å². The number of carbonyl (C=O) groups is 1. The molecule has 0 amide bonds. The van der Waals surface area contributed by atoms with Crippen LogP contribution in [0.2, 0.25) is 0 Å². The maximum atomic E-state index is 13.1. The van der Waals surface area contributed by atoms with Crippen LogP contribution in [-0.2, 0) is 21.9 Å². The molecule has 35 heavy (non-hydrogen) atoms. The van der Waals surface area contributed by atoms with Crippen LogP contribution in [0.15, 0.2) is 36.5 Å². The first-order valence-corrected chi connectivity index (χ1v) is 12.3. The third-order valence-electron chi connectivity index (χ3n) is 5.15. The minimum atomic E-state index is -6.04. The number of allylic oxidation sites excluding steroid dienone is 1. The Bertz CT molecular complexity index is 1200. The number of methoxy groups -OCH3 is 1. The summed E-state index contributed by atoms with van der Waals surface area (Å²) in [6.45, 7) is 4.02. The molecule has 0 spiro atoms. The van der Waals surface area contributed by atoms with Crippen LogP contribution in [-0.4, -0.2) is 63.0 Å². The number of halogens is 4. The van der Waals surface area contributed by atoms with E-state index in [4.69, 9.17) is 16.3 Å². The van der Waals surface area contributed by atoms with Gasteiger partial charge in [0.1, 0.15) is 5.56 Å². The second-order valence-corrected chi connectivity index (χ2v) is 10.6. The monoisotopic (exact) mass is 536 g/mol. The molecule has 12 heteroatoms. The van der Waals surface area contributed by atoms with E-state index >= 15 is 0 Å². The van der Waals surface area contributed by atoms with Crippen LogP contribution in [0.25, 0.3) is 11.1 Å². The largest absolute Gasteiger partial charge is 0.534 e. The number of carbonyl (C=O) groups excluding carboxylic acids is 1. The van der Waals surface area contributed by atoms with Crippen molar-refractivity contribution < 1.29 is 35.3 Å². The second-order valence-electron chi connectivity index (χ2n) is 8.78. The van der Waals surface area contributed by atoms with Gasteiger partial charge in [-0.1, -0.05) is 44.2 Å². The number of benzene rings is 1. The number of nitrogens with zero attached hydrogens (tertiary/aromatic N) is 2. The van der Waals surface area contributed by atoms with Crippen LogP contribution in [0.4, 0.5) is 13.2 Å². The third kappa shape index (κ3) is 6.20. The lowest BCUT2D eigenvalue weighted by atomic mass is 9.77. The zero-order chi connectivity index (χ0) is 26.8. The number of aryl methyl sites for hydroxylation is 1. The molecule has 0 atom stereocenters. The molecule has 1 heterocycles. The van der Waals surface area contributed by atoms with Crippen LogP contribution < -0.4 is 4.18 Å². The van der Waals surface area contributed by atoms with Crippen molar-refractivity contribution in [1.29, 1.82) is 0 Å². The highest BCUT2D eigenvalue weighted by Crippen LogP contribution is 2.44. The highest BCUT2D eigenvalue weighted by atomic mass is 35.5. The Morgan fingerprint density at radius 3 is 2.17 bits per heavy atom. The molecule has 0 fully saturated rings. The molecule has 0 aliphatic heterocycles. The quantitative estimate of drug-likeness (QED) is 0.199. The normalized spacial score (nSPS) is 13.6. The van der Waals surface area contributed by atoms with E-state index in [1.807, 2.05) is 49.1 Å². The maximum absolute atomic E-state index is 13.1. The van der Waals surface area contributed by atoms with Crippen LogP contribution >= 0.6 is 11.6 Å². The third-order valence-corrected chi connectivity index (χ3v) is 6.79. The van der Waals surface area contributed by atoms with Crippen molar-refractivity contribution in [3.05, 3.63) is 53.3 Å². The summed E-state index contributed by atoms with van der Waals surface area (Å²) in [4.78, 5) is 14.6. The summed E-state index contributed by atoms with van der Waals surface area (Å²) in [7, 11) is 0.0313. The number of hydrogen-bond acceptors (Lipinski definition) is 6. The van der Waals surface area contributed by atoms with Gasteiger partial charge in [0.25, 0.3) is 0 Å². The van der Waals surface area contributed by atoms with Gasteiger partial charge in [-0.05, 0) is 30.8 Å². The van der Waals surface area contributed by atoms with Gasteiger partial charge in [0.15, 0.2) is 5.75 Å². The molecule has 0 unspecified atom stereocenters. The van der Waals surface area contributed by atoms with E-state index in [2.05, 4.69) is 4.18 Å². The molecular weight excluding hydrogens is 509 g/mol. The smallest absolute Gasteiger partial charge is 0.465 e. The van der Waals surface area contributed by atoms with E-state index in [-0.39, 0.29) is 18.1 Å². The van der Waals surface area contributed by atoms with Crippen molar-refractivity contribution in [1.82, 2.24) is 9.47 Å². The Balaban J connectivity index is 3.03. The van der Waals surface area contributed by atoms with Gasteiger partial charge in [-0.15, -0.1) is 11.6 Å². The van der Waals surface area contributed by atoms with Crippen LogP contribution in [0.3, 0.4) is 0 Å². The van der Waals surface area contributed by atoms with Crippen molar-refractivity contribution in [3.63, 3.8) is 0 Å². The topological polar surface area (TPSA) is 77.8 Å². The fourth-order valence-electron chi connectivity index (χ4n) is 3.72. The Morgan fingerprint density at radius 2 is 1.71 bits per heavy atom. The molecule has 0 bridgehead atoms. The molecule has 0 N–H and O–H groups in total. The summed E-state index contributed by atoms with van der Waals surface area (Å²) in [5.41, 5.74) is -4.61. The van der Waals surface area contributed by atoms with Crippen molar-refractivity contribution in [2.24, 2.45) is 12.5 Å². The Morgan fingerprint density at radius 1 is 1.14 bits per heavy atom. The first kappa shape index (κ1) is 28.7. The highest BCUT2D eigenvalue weighted by molar-refractivity contribution is 7.88. The molecule has 194 valence electrons. The minimum absolute atomic E-state index is 0.148. The molecule has 0 saturated heterocycles. The standard InChI is InChI=1S/C23H28ClF3N2O5S/c1-22(2,14-24)19(15-10-8-7-9-11-15)16(12-28(3)4)20-18(21(30)33-6)17(13-29(20)5)34-35(31,32)23(25,26)27/h7-11,13H,12,14H2,1-6H3/b19-16-. The average molecular weight is 537 g/mol. The summed E-state index contributed by atoms with van der Waals surface area (Å²) in [5, 5.41) is 0. The summed E-state index contributed by atoms with van der Waals surface area (Å²) in [6, 6.07) is 9.18. The first-order chi connectivity index (χ1) is 16.1. The molecule has 0 radical (unpaired) electrons. The molecule has 0 aliphatic rings. The van der Waals surface area contributed by atoms with Gasteiger partial charge in [-0.2, -0.15) is 21.6 Å². The molecule has 1 aromatic carbocycles. The fraction of sp³-hybridized carbons (Fsp3) is 0.435. The van der Waals surface area contributed by atoms with E-state index in [0.29, 0.717) is 5.57 Å². The number of rotatable bonds is 9. The predicted molar refractivity (Wildman–Crippen MR) is 129 cm³/mol. The van der Waals surface area contributed by atoms with Crippen molar-refractivity contribution in [2.75, 3.05) is 33.6 Å². The van der Waals surface area contributed by atoms with Crippen molar-refractivity contribution in [3.8, 4) is 5.75 Å². The zero-order valence-electron chi connectivity index (χ0n) is 20.2. The Kier molecular flexibility index (Phi) is 8.73. The fourth-order valence-corrected chi connectivity index (χ4v) is 4.31. The molecule has 0 aliphatic carbocycles. The number of ether oxygens (including phenoxy) is 1. The lowest BCUT2D eigenvalue weighted by molar-refractivity contribution is -0.0500. The van der Waals surface area contributed by atoms with Gasteiger partial charge in [0.2, 0.25) is 0 Å². The van der Waals surface area contributed by atoms with Crippen molar-refractivity contribution >= 4 is 38.8 Å². The van der Waals surface area contributed by atoms with E-state index in [0.717, 1.165) is 24.4 Å². The molecule has 2 aromatic rings. The summed E-state index contributed by atoms with van der Waals surface area (Å²) < 4.78 is 73.3. The Hall–Kier alpha value is -2.50. The van der Waals surface area contributed by atoms with Crippen molar-refractivity contribution in [2.45, 2.75) is 19.4 Å².